The van der Waals surface area contributed by atoms with Gasteiger partial charge in [0.1, 0.15) is 18.0 Å². The van der Waals surface area contributed by atoms with E-state index >= 15 is 0 Å². The second-order valence-electron chi connectivity index (χ2n) is 4.19. The summed E-state index contributed by atoms with van der Waals surface area (Å²) in [4.78, 5) is 10.9. The van der Waals surface area contributed by atoms with Gasteiger partial charge in [0.05, 0.1) is 11.5 Å². The summed E-state index contributed by atoms with van der Waals surface area (Å²) in [6, 6.07) is 5.98. The number of aliphatic hydroxyl groups excluding tert-OH is 1. The molecule has 18 heavy (non-hydrogen) atoms. The van der Waals surface area contributed by atoms with Crippen LogP contribution in [0.3, 0.4) is 0 Å². The Morgan fingerprint density at radius 2 is 1.89 bits per heavy atom. The first-order valence-electron chi connectivity index (χ1n) is 5.32. The van der Waals surface area contributed by atoms with E-state index in [1.54, 1.807) is 0 Å². The van der Waals surface area contributed by atoms with Crippen LogP contribution in [-0.2, 0) is 9.84 Å². The van der Waals surface area contributed by atoms with Gasteiger partial charge in [-0.2, -0.15) is 0 Å². The highest BCUT2D eigenvalue weighted by Crippen LogP contribution is 2.20. The molecule has 7 heteroatoms. The first-order valence-corrected chi connectivity index (χ1v) is 7.14. The summed E-state index contributed by atoms with van der Waals surface area (Å²) in [6.45, 7) is 0. The Morgan fingerprint density at radius 3 is 2.33 bits per heavy atom. The molecule has 1 aliphatic heterocycles. The molecule has 0 spiro atoms. The fraction of sp³-hybridized carbons (Fsp3) is 0.364. The highest BCUT2D eigenvalue weighted by molar-refractivity contribution is 7.91. The monoisotopic (exact) mass is 271 g/mol. The Labute approximate surface area is 104 Å². The summed E-state index contributed by atoms with van der Waals surface area (Å²) in [5.41, 5.74) is 5.42. The van der Waals surface area contributed by atoms with Crippen LogP contribution in [-0.4, -0.2) is 43.1 Å². The predicted octanol–water partition coefficient (Wildman–Crippen LogP) is -0.678. The molecule has 1 aromatic rings. The van der Waals surface area contributed by atoms with Crippen LogP contribution in [0.1, 0.15) is 10.4 Å². The maximum Gasteiger partial charge on any atom is 0.248 e. The number of aliphatic hydroxyl groups is 1. The SMILES string of the molecule is NC(=O)c1ccc(OC2CS(=O)(=O)CC2O)cc1. The average molecular weight is 271 g/mol. The second-order valence-corrected chi connectivity index (χ2v) is 6.34. The van der Waals surface area contributed by atoms with Crippen LogP contribution >= 0.6 is 0 Å². The van der Waals surface area contributed by atoms with Crippen LogP contribution in [0.25, 0.3) is 0 Å². The molecule has 1 aromatic carbocycles. The number of hydrogen-bond acceptors (Lipinski definition) is 5. The lowest BCUT2D eigenvalue weighted by Crippen LogP contribution is -2.29. The van der Waals surface area contributed by atoms with Gasteiger partial charge in [0.25, 0.3) is 0 Å². The third-order valence-electron chi connectivity index (χ3n) is 2.70. The minimum absolute atomic E-state index is 0.203. The molecule has 2 atom stereocenters. The molecular formula is C11H13NO5S. The van der Waals surface area contributed by atoms with Crippen molar-refractivity contribution in [3.8, 4) is 5.75 Å². The van der Waals surface area contributed by atoms with Crippen molar-refractivity contribution < 1.29 is 23.1 Å². The summed E-state index contributed by atoms with van der Waals surface area (Å²) in [5, 5.41) is 9.55. The molecule has 3 N–H and O–H groups in total. The molecule has 0 aliphatic carbocycles. The molecular weight excluding hydrogens is 258 g/mol. The van der Waals surface area contributed by atoms with Crippen LogP contribution in [0, 0.1) is 0 Å². The van der Waals surface area contributed by atoms with Gasteiger partial charge in [0.15, 0.2) is 9.84 Å². The van der Waals surface area contributed by atoms with Crippen LogP contribution < -0.4 is 10.5 Å². The van der Waals surface area contributed by atoms with Crippen molar-refractivity contribution in [3.05, 3.63) is 29.8 Å². The lowest BCUT2D eigenvalue weighted by atomic mass is 10.2. The van der Waals surface area contributed by atoms with E-state index in [-0.39, 0.29) is 11.5 Å². The lowest BCUT2D eigenvalue weighted by Gasteiger charge is -2.15. The zero-order chi connectivity index (χ0) is 13.3. The van der Waals surface area contributed by atoms with E-state index in [9.17, 15) is 18.3 Å². The number of hydrogen-bond donors (Lipinski definition) is 2. The largest absolute Gasteiger partial charge is 0.487 e. The van der Waals surface area contributed by atoms with E-state index in [0.29, 0.717) is 11.3 Å². The quantitative estimate of drug-likeness (QED) is 0.757. The van der Waals surface area contributed by atoms with Gasteiger partial charge in [0.2, 0.25) is 5.91 Å². The molecule has 1 heterocycles. The predicted molar refractivity (Wildman–Crippen MR) is 64.0 cm³/mol. The number of nitrogens with two attached hydrogens (primary N) is 1. The van der Waals surface area contributed by atoms with Gasteiger partial charge in [-0.25, -0.2) is 8.42 Å². The smallest absolute Gasteiger partial charge is 0.248 e. The van der Waals surface area contributed by atoms with Crippen molar-refractivity contribution >= 4 is 15.7 Å². The number of sulfone groups is 1. The Bertz CT molecular complexity index is 551. The van der Waals surface area contributed by atoms with Crippen LogP contribution in [0.2, 0.25) is 0 Å². The summed E-state index contributed by atoms with van der Waals surface area (Å²) >= 11 is 0. The molecule has 0 bridgehead atoms. The molecule has 2 unspecified atom stereocenters. The zero-order valence-electron chi connectivity index (χ0n) is 9.44. The number of carbonyl (C=O) groups excluding carboxylic acids is 1. The third-order valence-corrected chi connectivity index (χ3v) is 4.38. The van der Waals surface area contributed by atoms with E-state index < -0.39 is 28.0 Å². The average Bonchev–Trinajstić information content (AvgIpc) is 2.52. The number of ether oxygens (including phenoxy) is 1. The second kappa shape index (κ2) is 4.58. The number of benzene rings is 1. The fourth-order valence-electron chi connectivity index (χ4n) is 1.78. The Hall–Kier alpha value is -1.60. The Morgan fingerprint density at radius 1 is 1.28 bits per heavy atom. The highest BCUT2D eigenvalue weighted by Gasteiger charge is 2.38. The topological polar surface area (TPSA) is 107 Å². The molecule has 1 saturated heterocycles. The number of amides is 1. The first-order chi connectivity index (χ1) is 8.37. The molecule has 98 valence electrons. The molecule has 1 fully saturated rings. The van der Waals surface area contributed by atoms with E-state index in [4.69, 9.17) is 10.5 Å². The van der Waals surface area contributed by atoms with E-state index in [1.807, 2.05) is 0 Å². The van der Waals surface area contributed by atoms with Gasteiger partial charge >= 0.3 is 0 Å². The van der Waals surface area contributed by atoms with E-state index in [1.165, 1.54) is 24.3 Å². The lowest BCUT2D eigenvalue weighted by molar-refractivity contribution is 0.0737. The molecule has 0 aromatic heterocycles. The van der Waals surface area contributed by atoms with Crippen molar-refractivity contribution in [2.45, 2.75) is 12.2 Å². The summed E-state index contributed by atoms with van der Waals surface area (Å²) < 4.78 is 27.9. The fourth-order valence-corrected chi connectivity index (χ4v) is 3.44. The van der Waals surface area contributed by atoms with E-state index in [0.717, 1.165) is 0 Å². The van der Waals surface area contributed by atoms with Crippen molar-refractivity contribution in [2.75, 3.05) is 11.5 Å². The van der Waals surface area contributed by atoms with Crippen LogP contribution in [0.4, 0.5) is 0 Å². The van der Waals surface area contributed by atoms with E-state index in [2.05, 4.69) is 0 Å². The van der Waals surface area contributed by atoms with Crippen molar-refractivity contribution in [1.29, 1.82) is 0 Å². The minimum atomic E-state index is -3.24. The first kappa shape index (κ1) is 12.8. The van der Waals surface area contributed by atoms with Gasteiger partial charge in [-0.1, -0.05) is 0 Å². The standard InChI is InChI=1S/C11H13NO5S/c12-11(14)7-1-3-8(4-2-7)17-10-6-18(15,16)5-9(10)13/h1-4,9-10,13H,5-6H2,(H2,12,14). The van der Waals surface area contributed by atoms with Gasteiger partial charge in [-0.15, -0.1) is 0 Å². The van der Waals surface area contributed by atoms with Crippen molar-refractivity contribution in [3.63, 3.8) is 0 Å². The number of carbonyl (C=O) groups is 1. The highest BCUT2D eigenvalue weighted by atomic mass is 32.2. The molecule has 1 aliphatic rings. The molecule has 0 radical (unpaired) electrons. The van der Waals surface area contributed by atoms with Crippen LogP contribution in [0.5, 0.6) is 5.75 Å². The maximum atomic E-state index is 11.3. The summed E-state index contributed by atoms with van der Waals surface area (Å²) in [6.07, 6.45) is -1.79. The van der Waals surface area contributed by atoms with Gasteiger partial charge in [-0.05, 0) is 24.3 Å². The molecule has 1 amide bonds. The van der Waals surface area contributed by atoms with Gasteiger partial charge in [0, 0.05) is 5.56 Å². The van der Waals surface area contributed by atoms with Gasteiger partial charge in [-0.3, -0.25) is 4.79 Å². The molecule has 6 nitrogen and oxygen atoms in total. The normalized spacial score (nSPS) is 25.8. The van der Waals surface area contributed by atoms with Crippen molar-refractivity contribution in [2.24, 2.45) is 5.73 Å². The number of rotatable bonds is 3. The molecule has 2 rings (SSSR count). The van der Waals surface area contributed by atoms with Crippen molar-refractivity contribution in [1.82, 2.24) is 0 Å². The van der Waals surface area contributed by atoms with Crippen LogP contribution in [0.15, 0.2) is 24.3 Å². The maximum absolute atomic E-state index is 11.3. The summed E-state index contributed by atoms with van der Waals surface area (Å²) in [7, 11) is -3.24. The Kier molecular flexibility index (Phi) is 3.27. The zero-order valence-corrected chi connectivity index (χ0v) is 10.3. The minimum Gasteiger partial charge on any atom is -0.487 e. The Balaban J connectivity index is 2.08. The third kappa shape index (κ3) is 2.80. The number of primary amides is 1. The van der Waals surface area contributed by atoms with Gasteiger partial charge < -0.3 is 15.6 Å². The molecule has 0 saturated carbocycles. The summed E-state index contributed by atoms with van der Waals surface area (Å²) in [5.74, 6) is -0.644.